The maximum Gasteiger partial charge on any atom is 0.147 e. The zero-order valence-corrected chi connectivity index (χ0v) is 11.5. The molecule has 2 rings (SSSR count). The first-order chi connectivity index (χ1) is 9.11. The second-order valence-electron chi connectivity index (χ2n) is 4.30. The molecule has 1 heterocycles. The van der Waals surface area contributed by atoms with Crippen molar-refractivity contribution in [3.05, 3.63) is 42.0 Å². The first-order valence-electron chi connectivity index (χ1n) is 5.86. The van der Waals surface area contributed by atoms with Crippen molar-refractivity contribution in [2.45, 2.75) is 29.7 Å². The lowest BCUT2D eigenvalue weighted by Gasteiger charge is -2.14. The highest BCUT2D eigenvalue weighted by Gasteiger charge is 2.15. The van der Waals surface area contributed by atoms with Crippen LogP contribution in [0.2, 0.25) is 0 Å². The highest BCUT2D eigenvalue weighted by molar-refractivity contribution is 7.99. The van der Waals surface area contributed by atoms with Gasteiger partial charge in [-0.2, -0.15) is 0 Å². The number of nitrogen functional groups attached to an aromatic ring is 1. The molecule has 0 saturated heterocycles. The van der Waals surface area contributed by atoms with Gasteiger partial charge >= 0.3 is 0 Å². The molecular formula is C13H15FN4S. The molecule has 0 aliphatic carbocycles. The molecule has 3 N–H and O–H groups in total. The standard InChI is InChI=1S/C13H15FN4S/c1-8(2)11-12(18-15)16-7-17-13(11)19-10-5-3-4-9(14)6-10/h3-8H,15H2,1-2H3,(H,16,17,18). The molecule has 6 heteroatoms. The van der Waals surface area contributed by atoms with Crippen LogP contribution in [0.4, 0.5) is 10.2 Å². The smallest absolute Gasteiger partial charge is 0.147 e. The van der Waals surface area contributed by atoms with Crippen LogP contribution in [-0.2, 0) is 0 Å². The Bertz CT molecular complexity index is 574. The minimum absolute atomic E-state index is 0.211. The number of aromatic nitrogens is 2. The quantitative estimate of drug-likeness (QED) is 0.511. The lowest BCUT2D eigenvalue weighted by Crippen LogP contribution is -2.13. The van der Waals surface area contributed by atoms with Crippen molar-refractivity contribution in [3.8, 4) is 0 Å². The zero-order chi connectivity index (χ0) is 13.8. The Morgan fingerprint density at radius 3 is 2.74 bits per heavy atom. The Balaban J connectivity index is 2.39. The van der Waals surface area contributed by atoms with E-state index < -0.39 is 0 Å². The van der Waals surface area contributed by atoms with Crippen LogP contribution in [0.15, 0.2) is 40.5 Å². The molecule has 0 bridgehead atoms. The molecule has 0 amide bonds. The van der Waals surface area contributed by atoms with Gasteiger partial charge < -0.3 is 5.43 Å². The predicted octanol–water partition coefficient (Wildman–Crippen LogP) is 3.18. The third-order valence-corrected chi connectivity index (χ3v) is 3.58. The van der Waals surface area contributed by atoms with Gasteiger partial charge in [-0.1, -0.05) is 31.7 Å². The van der Waals surface area contributed by atoms with Gasteiger partial charge in [0.05, 0.1) is 0 Å². The average molecular weight is 278 g/mol. The number of hydrogen-bond acceptors (Lipinski definition) is 5. The van der Waals surface area contributed by atoms with Crippen LogP contribution in [0.3, 0.4) is 0 Å². The van der Waals surface area contributed by atoms with Gasteiger partial charge in [-0.25, -0.2) is 20.2 Å². The van der Waals surface area contributed by atoms with Gasteiger partial charge in [-0.15, -0.1) is 0 Å². The van der Waals surface area contributed by atoms with Crippen LogP contribution in [0.25, 0.3) is 0 Å². The summed E-state index contributed by atoms with van der Waals surface area (Å²) in [6, 6.07) is 6.41. The molecule has 0 spiro atoms. The lowest BCUT2D eigenvalue weighted by molar-refractivity contribution is 0.624. The molecular weight excluding hydrogens is 263 g/mol. The second-order valence-corrected chi connectivity index (χ2v) is 5.36. The molecule has 0 aliphatic heterocycles. The van der Waals surface area contributed by atoms with Crippen molar-refractivity contribution >= 4 is 17.6 Å². The zero-order valence-electron chi connectivity index (χ0n) is 10.7. The third-order valence-electron chi connectivity index (χ3n) is 2.57. The van der Waals surface area contributed by atoms with E-state index >= 15 is 0 Å². The van der Waals surface area contributed by atoms with Gasteiger partial charge in [0.15, 0.2) is 0 Å². The Morgan fingerprint density at radius 1 is 1.32 bits per heavy atom. The van der Waals surface area contributed by atoms with Crippen LogP contribution >= 0.6 is 11.8 Å². The third kappa shape index (κ3) is 3.21. The molecule has 1 aromatic heterocycles. The Labute approximate surface area is 115 Å². The fraction of sp³-hybridized carbons (Fsp3) is 0.231. The fourth-order valence-corrected chi connectivity index (χ4v) is 2.82. The largest absolute Gasteiger partial charge is 0.308 e. The topological polar surface area (TPSA) is 63.8 Å². The van der Waals surface area contributed by atoms with Crippen molar-refractivity contribution in [1.82, 2.24) is 9.97 Å². The summed E-state index contributed by atoms with van der Waals surface area (Å²) >= 11 is 1.40. The van der Waals surface area contributed by atoms with E-state index in [4.69, 9.17) is 5.84 Å². The van der Waals surface area contributed by atoms with E-state index in [2.05, 4.69) is 15.4 Å². The van der Waals surface area contributed by atoms with Gasteiger partial charge in [0.2, 0.25) is 0 Å². The second kappa shape index (κ2) is 5.99. The van der Waals surface area contributed by atoms with Gasteiger partial charge in [-0.05, 0) is 24.1 Å². The SMILES string of the molecule is CC(C)c1c(NN)ncnc1Sc1cccc(F)c1. The summed E-state index contributed by atoms with van der Waals surface area (Å²) in [4.78, 5) is 9.17. The monoisotopic (exact) mass is 278 g/mol. The van der Waals surface area contributed by atoms with Crippen LogP contribution < -0.4 is 11.3 Å². The van der Waals surface area contributed by atoms with Gasteiger partial charge in [0, 0.05) is 10.5 Å². The predicted molar refractivity (Wildman–Crippen MR) is 74.5 cm³/mol. The number of benzene rings is 1. The van der Waals surface area contributed by atoms with Gasteiger partial charge in [-0.3, -0.25) is 0 Å². The lowest BCUT2D eigenvalue weighted by atomic mass is 10.1. The van der Waals surface area contributed by atoms with Crippen molar-refractivity contribution in [2.24, 2.45) is 5.84 Å². The molecule has 0 atom stereocenters. The molecule has 1 aromatic carbocycles. The first-order valence-corrected chi connectivity index (χ1v) is 6.68. The summed E-state index contributed by atoms with van der Waals surface area (Å²) in [5.74, 6) is 6.02. The van der Waals surface area contributed by atoms with Crippen LogP contribution in [0, 0.1) is 5.82 Å². The number of rotatable bonds is 4. The first kappa shape index (κ1) is 13.8. The molecule has 2 aromatic rings. The number of nitrogens with one attached hydrogen (secondary N) is 1. The highest BCUT2D eigenvalue weighted by Crippen LogP contribution is 2.35. The number of anilines is 1. The molecule has 0 saturated carbocycles. The Morgan fingerprint density at radius 2 is 2.11 bits per heavy atom. The summed E-state index contributed by atoms with van der Waals surface area (Å²) in [6.45, 7) is 4.07. The summed E-state index contributed by atoms with van der Waals surface area (Å²) in [7, 11) is 0. The minimum Gasteiger partial charge on any atom is -0.308 e. The summed E-state index contributed by atoms with van der Waals surface area (Å²) in [6.07, 6.45) is 1.45. The number of nitrogens with zero attached hydrogens (tertiary/aromatic N) is 2. The Kier molecular flexibility index (Phi) is 4.34. The van der Waals surface area contributed by atoms with Crippen molar-refractivity contribution < 1.29 is 4.39 Å². The van der Waals surface area contributed by atoms with E-state index in [1.54, 1.807) is 6.07 Å². The van der Waals surface area contributed by atoms with Crippen molar-refractivity contribution in [2.75, 3.05) is 5.43 Å². The molecule has 0 unspecified atom stereocenters. The number of halogens is 1. The molecule has 19 heavy (non-hydrogen) atoms. The normalized spacial score (nSPS) is 10.8. The molecule has 0 radical (unpaired) electrons. The average Bonchev–Trinajstić information content (AvgIpc) is 2.38. The summed E-state index contributed by atoms with van der Waals surface area (Å²) < 4.78 is 13.2. The summed E-state index contributed by atoms with van der Waals surface area (Å²) in [5.41, 5.74) is 3.51. The molecule has 100 valence electrons. The maximum atomic E-state index is 13.2. The number of hydrogen-bond donors (Lipinski definition) is 2. The summed E-state index contributed by atoms with van der Waals surface area (Å²) in [5, 5.41) is 0.781. The minimum atomic E-state index is -0.262. The van der Waals surface area contributed by atoms with Crippen molar-refractivity contribution in [3.63, 3.8) is 0 Å². The number of hydrazine groups is 1. The van der Waals surface area contributed by atoms with E-state index in [0.717, 1.165) is 15.5 Å². The van der Waals surface area contributed by atoms with E-state index in [0.29, 0.717) is 5.82 Å². The van der Waals surface area contributed by atoms with Gasteiger partial charge in [0.25, 0.3) is 0 Å². The highest BCUT2D eigenvalue weighted by atomic mass is 32.2. The van der Waals surface area contributed by atoms with Crippen molar-refractivity contribution in [1.29, 1.82) is 0 Å². The van der Waals surface area contributed by atoms with E-state index in [1.165, 1.54) is 30.2 Å². The Hall–Kier alpha value is -1.66. The van der Waals surface area contributed by atoms with E-state index in [9.17, 15) is 4.39 Å². The maximum absolute atomic E-state index is 13.2. The molecule has 4 nitrogen and oxygen atoms in total. The number of nitrogens with two attached hydrogens (primary N) is 1. The van der Waals surface area contributed by atoms with E-state index in [1.807, 2.05) is 19.9 Å². The molecule has 0 aliphatic rings. The van der Waals surface area contributed by atoms with Crippen LogP contribution in [0.1, 0.15) is 25.3 Å². The fourth-order valence-electron chi connectivity index (χ4n) is 1.74. The van der Waals surface area contributed by atoms with Crippen LogP contribution in [0.5, 0.6) is 0 Å². The molecule has 0 fully saturated rings. The van der Waals surface area contributed by atoms with Crippen LogP contribution in [-0.4, -0.2) is 9.97 Å². The van der Waals surface area contributed by atoms with Gasteiger partial charge in [0.1, 0.15) is 23.0 Å². The van der Waals surface area contributed by atoms with E-state index in [-0.39, 0.29) is 11.7 Å².